The van der Waals surface area contributed by atoms with Crippen molar-refractivity contribution < 1.29 is 9.90 Å². The van der Waals surface area contributed by atoms with E-state index in [0.29, 0.717) is 12.5 Å². The lowest BCUT2D eigenvalue weighted by Crippen LogP contribution is -2.31. The molecule has 1 atom stereocenters. The normalized spacial score (nSPS) is 17.6. The lowest BCUT2D eigenvalue weighted by molar-refractivity contribution is -0.116. The fraction of sp³-hybridized carbons (Fsp3) is 0.417. The second-order valence-corrected chi connectivity index (χ2v) is 4.98. The molecular weight excluding hydrogens is 222 g/mol. The van der Waals surface area contributed by atoms with E-state index in [2.05, 4.69) is 5.32 Å². The monoisotopic (exact) mass is 237 g/mol. The van der Waals surface area contributed by atoms with Crippen molar-refractivity contribution >= 4 is 23.3 Å². The molecular formula is C12H15NO2S. The smallest absolute Gasteiger partial charge is 0.244 e. The Kier molecular flexibility index (Phi) is 3.74. The van der Waals surface area contributed by atoms with Gasteiger partial charge in [0, 0.05) is 17.5 Å². The van der Waals surface area contributed by atoms with Gasteiger partial charge in [0.05, 0.1) is 6.10 Å². The maximum Gasteiger partial charge on any atom is 0.244 e. The van der Waals surface area contributed by atoms with Crippen molar-refractivity contribution in [3.63, 3.8) is 0 Å². The summed E-state index contributed by atoms with van der Waals surface area (Å²) in [4.78, 5) is 12.4. The number of carbonyl (C=O) groups is 1. The number of aliphatic hydroxyl groups excluding tert-OH is 1. The Labute approximate surface area is 98.8 Å². The summed E-state index contributed by atoms with van der Waals surface area (Å²) in [6.45, 7) is 0.359. The number of thiophene rings is 1. The first-order valence-corrected chi connectivity index (χ1v) is 6.31. The molecule has 86 valence electrons. The highest BCUT2D eigenvalue weighted by Gasteiger charge is 2.29. The van der Waals surface area contributed by atoms with Crippen LogP contribution in [0, 0.1) is 5.92 Å². The van der Waals surface area contributed by atoms with E-state index in [0.717, 1.165) is 17.7 Å². The molecule has 0 spiro atoms. The summed E-state index contributed by atoms with van der Waals surface area (Å²) >= 11 is 1.59. The van der Waals surface area contributed by atoms with Crippen molar-refractivity contribution in [2.75, 3.05) is 6.54 Å². The quantitative estimate of drug-likeness (QED) is 0.765. The highest BCUT2D eigenvalue weighted by atomic mass is 32.1. The average molecular weight is 237 g/mol. The van der Waals surface area contributed by atoms with Crippen molar-refractivity contribution in [3.8, 4) is 0 Å². The topological polar surface area (TPSA) is 49.3 Å². The van der Waals surface area contributed by atoms with Gasteiger partial charge in [-0.15, -0.1) is 11.3 Å². The largest absolute Gasteiger partial charge is 0.391 e. The maximum absolute atomic E-state index is 11.4. The van der Waals surface area contributed by atoms with Gasteiger partial charge in [-0.05, 0) is 36.3 Å². The van der Waals surface area contributed by atoms with Crippen molar-refractivity contribution in [1.29, 1.82) is 0 Å². The van der Waals surface area contributed by atoms with Gasteiger partial charge in [0.2, 0.25) is 5.91 Å². The van der Waals surface area contributed by atoms with Crippen LogP contribution in [0.5, 0.6) is 0 Å². The molecule has 1 aliphatic rings. The van der Waals surface area contributed by atoms with Crippen LogP contribution < -0.4 is 5.32 Å². The van der Waals surface area contributed by atoms with Crippen molar-refractivity contribution in [2.45, 2.75) is 18.9 Å². The van der Waals surface area contributed by atoms with E-state index < -0.39 is 0 Å². The Morgan fingerprint density at radius 3 is 3.12 bits per heavy atom. The standard InChI is InChI=1S/C12H15NO2S/c14-11(9-3-4-9)8-13-12(15)6-5-10-2-1-7-16-10/h1-2,5-7,9,11,14H,3-4,8H2,(H,13,15). The van der Waals surface area contributed by atoms with Crippen LogP contribution in [-0.4, -0.2) is 23.7 Å². The van der Waals surface area contributed by atoms with Crippen LogP contribution in [0.1, 0.15) is 17.7 Å². The fourth-order valence-electron chi connectivity index (χ4n) is 1.46. The minimum atomic E-state index is -0.376. The molecule has 1 amide bonds. The minimum Gasteiger partial charge on any atom is -0.391 e. The van der Waals surface area contributed by atoms with Crippen molar-refractivity contribution in [1.82, 2.24) is 5.32 Å². The van der Waals surface area contributed by atoms with Gasteiger partial charge in [0.1, 0.15) is 0 Å². The molecule has 1 unspecified atom stereocenters. The molecule has 1 aromatic rings. The fourth-order valence-corrected chi connectivity index (χ4v) is 2.07. The predicted molar refractivity (Wildman–Crippen MR) is 65.1 cm³/mol. The summed E-state index contributed by atoms with van der Waals surface area (Å²) in [7, 11) is 0. The summed E-state index contributed by atoms with van der Waals surface area (Å²) in [5.41, 5.74) is 0. The summed E-state index contributed by atoms with van der Waals surface area (Å²) in [5, 5.41) is 14.2. The van der Waals surface area contributed by atoms with Crippen LogP contribution in [0.3, 0.4) is 0 Å². The average Bonchev–Trinajstić information content (AvgIpc) is 3.01. The van der Waals surface area contributed by atoms with Gasteiger partial charge in [0.25, 0.3) is 0 Å². The second-order valence-electron chi connectivity index (χ2n) is 4.00. The Morgan fingerprint density at radius 2 is 2.50 bits per heavy atom. The molecule has 0 saturated heterocycles. The van der Waals surface area contributed by atoms with Crippen molar-refractivity contribution in [3.05, 3.63) is 28.5 Å². The zero-order valence-corrected chi connectivity index (χ0v) is 9.74. The van der Waals surface area contributed by atoms with Crippen LogP contribution in [0.25, 0.3) is 6.08 Å². The van der Waals surface area contributed by atoms with Crippen LogP contribution in [0.2, 0.25) is 0 Å². The van der Waals surface area contributed by atoms with E-state index in [-0.39, 0.29) is 12.0 Å². The first kappa shape index (κ1) is 11.4. The van der Waals surface area contributed by atoms with Crippen LogP contribution >= 0.6 is 11.3 Å². The summed E-state index contributed by atoms with van der Waals surface area (Å²) < 4.78 is 0. The van der Waals surface area contributed by atoms with Crippen LogP contribution in [0.4, 0.5) is 0 Å². The Hall–Kier alpha value is -1.13. The molecule has 0 aromatic carbocycles. The van der Waals surface area contributed by atoms with E-state index in [9.17, 15) is 9.90 Å². The maximum atomic E-state index is 11.4. The third kappa shape index (κ3) is 3.47. The molecule has 2 N–H and O–H groups in total. The summed E-state index contributed by atoms with van der Waals surface area (Å²) in [6.07, 6.45) is 5.08. The molecule has 1 fully saturated rings. The number of aliphatic hydroxyl groups is 1. The minimum absolute atomic E-state index is 0.145. The summed E-state index contributed by atoms with van der Waals surface area (Å²) in [5.74, 6) is 0.259. The van der Waals surface area contributed by atoms with E-state index in [1.165, 1.54) is 6.08 Å². The molecule has 3 nitrogen and oxygen atoms in total. The molecule has 1 aliphatic carbocycles. The zero-order valence-electron chi connectivity index (χ0n) is 8.93. The molecule has 0 radical (unpaired) electrons. The highest BCUT2D eigenvalue weighted by molar-refractivity contribution is 7.10. The van der Waals surface area contributed by atoms with Gasteiger partial charge in [-0.2, -0.15) is 0 Å². The zero-order chi connectivity index (χ0) is 11.4. The van der Waals surface area contributed by atoms with Crippen molar-refractivity contribution in [2.24, 2.45) is 5.92 Å². The Balaban J connectivity index is 1.71. The molecule has 0 bridgehead atoms. The first-order valence-electron chi connectivity index (χ1n) is 5.43. The lowest BCUT2D eigenvalue weighted by atomic mass is 10.2. The van der Waals surface area contributed by atoms with Gasteiger partial charge >= 0.3 is 0 Å². The Bertz CT molecular complexity index is 368. The lowest BCUT2D eigenvalue weighted by Gasteiger charge is -2.08. The number of carbonyl (C=O) groups excluding carboxylic acids is 1. The highest BCUT2D eigenvalue weighted by Crippen LogP contribution is 2.32. The second kappa shape index (κ2) is 5.27. The van der Waals surface area contributed by atoms with Gasteiger partial charge in [0.15, 0.2) is 0 Å². The van der Waals surface area contributed by atoms with E-state index in [4.69, 9.17) is 0 Å². The predicted octanol–water partition coefficient (Wildman–Crippen LogP) is 1.65. The molecule has 1 saturated carbocycles. The van der Waals surface area contributed by atoms with Gasteiger partial charge in [-0.25, -0.2) is 0 Å². The Morgan fingerprint density at radius 1 is 1.69 bits per heavy atom. The molecule has 16 heavy (non-hydrogen) atoms. The number of amides is 1. The molecule has 4 heteroatoms. The van der Waals surface area contributed by atoms with E-state index in [1.807, 2.05) is 17.5 Å². The molecule has 1 heterocycles. The van der Waals surface area contributed by atoms with Crippen LogP contribution in [0.15, 0.2) is 23.6 Å². The number of hydrogen-bond donors (Lipinski definition) is 2. The van der Waals surface area contributed by atoms with Gasteiger partial charge in [-0.1, -0.05) is 6.07 Å². The van der Waals surface area contributed by atoms with Crippen LogP contribution in [-0.2, 0) is 4.79 Å². The molecule has 2 rings (SSSR count). The number of hydrogen-bond acceptors (Lipinski definition) is 3. The van der Waals surface area contributed by atoms with Gasteiger partial charge < -0.3 is 10.4 Å². The first-order chi connectivity index (χ1) is 7.75. The number of nitrogens with one attached hydrogen (secondary N) is 1. The van der Waals surface area contributed by atoms with Gasteiger partial charge in [-0.3, -0.25) is 4.79 Å². The van der Waals surface area contributed by atoms with E-state index >= 15 is 0 Å². The molecule has 0 aliphatic heterocycles. The summed E-state index contributed by atoms with van der Waals surface area (Å²) in [6, 6.07) is 3.90. The SMILES string of the molecule is O=C(C=Cc1cccs1)NCC(O)C1CC1. The van der Waals surface area contributed by atoms with E-state index in [1.54, 1.807) is 17.4 Å². The molecule has 1 aromatic heterocycles. The third-order valence-electron chi connectivity index (χ3n) is 2.59. The number of rotatable bonds is 5. The third-order valence-corrected chi connectivity index (χ3v) is 3.43.